The molecule has 3 aromatic rings. The zero-order chi connectivity index (χ0) is 21.5. The number of carbonyl (C=O) groups is 2. The summed E-state index contributed by atoms with van der Waals surface area (Å²) < 4.78 is 15.5. The van der Waals surface area contributed by atoms with E-state index in [1.807, 2.05) is 6.07 Å². The molecule has 5 rings (SSSR count). The van der Waals surface area contributed by atoms with Crippen molar-refractivity contribution in [2.24, 2.45) is 5.92 Å². The van der Waals surface area contributed by atoms with Crippen LogP contribution in [0.2, 0.25) is 0 Å². The van der Waals surface area contributed by atoms with Gasteiger partial charge in [-0.3, -0.25) is 9.59 Å². The van der Waals surface area contributed by atoms with Crippen molar-refractivity contribution < 1.29 is 14.0 Å². The van der Waals surface area contributed by atoms with E-state index >= 15 is 0 Å². The van der Waals surface area contributed by atoms with E-state index in [2.05, 4.69) is 33.0 Å². The maximum absolute atomic E-state index is 14.3. The van der Waals surface area contributed by atoms with Gasteiger partial charge in [0.05, 0.1) is 5.92 Å². The Bertz CT molecular complexity index is 1190. The summed E-state index contributed by atoms with van der Waals surface area (Å²) in [5.74, 6) is -0.907. The Morgan fingerprint density at radius 3 is 2.81 bits per heavy atom. The van der Waals surface area contributed by atoms with Gasteiger partial charge in [-0.25, -0.2) is 4.39 Å². The molecular formula is C22H21FN6O2. The Morgan fingerprint density at radius 2 is 2.00 bits per heavy atom. The molecule has 1 atom stereocenters. The van der Waals surface area contributed by atoms with Gasteiger partial charge in [-0.2, -0.15) is 4.68 Å². The van der Waals surface area contributed by atoms with Gasteiger partial charge in [0.2, 0.25) is 11.8 Å². The molecule has 1 fully saturated rings. The van der Waals surface area contributed by atoms with Crippen LogP contribution in [-0.2, 0) is 22.4 Å². The van der Waals surface area contributed by atoms with Crippen LogP contribution in [0.25, 0.3) is 5.69 Å². The second-order valence-electron chi connectivity index (χ2n) is 8.01. The highest BCUT2D eigenvalue weighted by Gasteiger charge is 2.35. The molecule has 1 unspecified atom stereocenters. The molecule has 0 bridgehead atoms. The molecule has 1 aromatic heterocycles. The Balaban J connectivity index is 1.31. The fourth-order valence-corrected chi connectivity index (χ4v) is 4.31. The number of nitrogens with zero attached hydrogens (tertiary/aromatic N) is 5. The molecule has 2 heterocycles. The van der Waals surface area contributed by atoms with E-state index < -0.39 is 11.7 Å². The van der Waals surface area contributed by atoms with Crippen LogP contribution in [0.3, 0.4) is 0 Å². The van der Waals surface area contributed by atoms with E-state index in [1.165, 1.54) is 34.0 Å². The molecule has 31 heavy (non-hydrogen) atoms. The number of fused-ring (bicyclic) bond motifs is 1. The normalized spacial score (nSPS) is 17.8. The molecule has 8 nitrogen and oxygen atoms in total. The van der Waals surface area contributed by atoms with E-state index in [0.29, 0.717) is 18.1 Å². The van der Waals surface area contributed by atoms with Crippen LogP contribution < -0.4 is 10.2 Å². The van der Waals surface area contributed by atoms with Gasteiger partial charge in [0.1, 0.15) is 11.5 Å². The monoisotopic (exact) mass is 420 g/mol. The van der Waals surface area contributed by atoms with Gasteiger partial charge in [-0.1, -0.05) is 6.07 Å². The fourth-order valence-electron chi connectivity index (χ4n) is 4.31. The Morgan fingerprint density at radius 1 is 1.16 bits per heavy atom. The number of amides is 2. The minimum Gasteiger partial charge on any atom is -0.326 e. The predicted octanol–water partition coefficient (Wildman–Crippen LogP) is 2.59. The van der Waals surface area contributed by atoms with Crippen molar-refractivity contribution >= 4 is 23.2 Å². The first-order valence-electron chi connectivity index (χ1n) is 10.3. The van der Waals surface area contributed by atoms with Gasteiger partial charge in [0.25, 0.3) is 0 Å². The summed E-state index contributed by atoms with van der Waals surface area (Å²) in [6.07, 6.45) is 3.39. The highest BCUT2D eigenvalue weighted by Crippen LogP contribution is 2.31. The molecule has 1 aliphatic carbocycles. The summed E-state index contributed by atoms with van der Waals surface area (Å²) in [5, 5.41) is 13.9. The van der Waals surface area contributed by atoms with Crippen molar-refractivity contribution in [2.45, 2.75) is 32.6 Å². The average molecular weight is 420 g/mol. The van der Waals surface area contributed by atoms with Crippen LogP contribution >= 0.6 is 0 Å². The Labute approximate surface area is 178 Å². The quantitative estimate of drug-likeness (QED) is 0.700. The minimum absolute atomic E-state index is 0.0674. The lowest BCUT2D eigenvalue weighted by molar-refractivity contribution is -0.122. The minimum atomic E-state index is -0.507. The van der Waals surface area contributed by atoms with E-state index in [-0.39, 0.29) is 23.9 Å². The largest absolute Gasteiger partial charge is 0.326 e. The second-order valence-corrected chi connectivity index (χ2v) is 8.01. The van der Waals surface area contributed by atoms with Crippen LogP contribution in [0.1, 0.15) is 29.8 Å². The van der Waals surface area contributed by atoms with Crippen molar-refractivity contribution in [2.75, 3.05) is 16.8 Å². The third-order valence-corrected chi connectivity index (χ3v) is 5.96. The van der Waals surface area contributed by atoms with Crippen LogP contribution in [0, 0.1) is 18.7 Å². The van der Waals surface area contributed by atoms with Crippen molar-refractivity contribution in [3.05, 3.63) is 59.2 Å². The SMILES string of the molecule is Cc1nnnn1-c1cc(NC(=O)C2CC(=O)N(c3ccc4c(c3)CCC4)C2)ccc1F. The molecule has 1 aliphatic heterocycles. The maximum Gasteiger partial charge on any atom is 0.229 e. The lowest BCUT2D eigenvalue weighted by Gasteiger charge is -2.18. The first kappa shape index (κ1) is 19.3. The number of benzene rings is 2. The molecule has 158 valence electrons. The fraction of sp³-hybridized carbons (Fsp3) is 0.318. The average Bonchev–Trinajstić information content (AvgIpc) is 3.48. The molecule has 9 heteroatoms. The number of hydrogen-bond acceptors (Lipinski definition) is 5. The van der Waals surface area contributed by atoms with Crippen molar-refractivity contribution in [1.29, 1.82) is 0 Å². The van der Waals surface area contributed by atoms with Crippen LogP contribution in [-0.4, -0.2) is 38.6 Å². The summed E-state index contributed by atoms with van der Waals surface area (Å²) >= 11 is 0. The highest BCUT2D eigenvalue weighted by molar-refractivity contribution is 6.03. The number of aryl methyl sites for hydroxylation is 3. The Hall–Kier alpha value is -3.62. The van der Waals surface area contributed by atoms with Crippen LogP contribution in [0.5, 0.6) is 0 Å². The Kier molecular flexibility index (Phi) is 4.72. The van der Waals surface area contributed by atoms with Gasteiger partial charge in [-0.05, 0) is 78.1 Å². The van der Waals surface area contributed by atoms with E-state index in [1.54, 1.807) is 11.8 Å². The van der Waals surface area contributed by atoms with E-state index in [0.717, 1.165) is 24.9 Å². The zero-order valence-corrected chi connectivity index (χ0v) is 17.0. The first-order valence-corrected chi connectivity index (χ1v) is 10.3. The number of nitrogens with one attached hydrogen (secondary N) is 1. The third kappa shape index (κ3) is 3.56. The molecule has 2 aromatic carbocycles. The molecule has 2 amide bonds. The van der Waals surface area contributed by atoms with Crippen molar-refractivity contribution in [3.63, 3.8) is 0 Å². The first-order chi connectivity index (χ1) is 15.0. The number of halogens is 1. The smallest absolute Gasteiger partial charge is 0.229 e. The molecule has 2 aliphatic rings. The van der Waals surface area contributed by atoms with Crippen molar-refractivity contribution in [3.8, 4) is 5.69 Å². The standard InChI is InChI=1S/C22H21FN6O2/c1-13-25-26-27-29(13)20-11-17(6-8-19(20)23)24-22(31)16-10-21(30)28(12-16)18-7-5-14-3-2-4-15(14)9-18/h5-9,11,16H,2-4,10,12H2,1H3,(H,24,31). The summed E-state index contributed by atoms with van der Waals surface area (Å²) in [4.78, 5) is 27.1. The summed E-state index contributed by atoms with van der Waals surface area (Å²) in [7, 11) is 0. The molecule has 0 radical (unpaired) electrons. The lowest BCUT2D eigenvalue weighted by Crippen LogP contribution is -2.28. The third-order valence-electron chi connectivity index (χ3n) is 5.96. The summed E-state index contributed by atoms with van der Waals surface area (Å²) in [6, 6.07) is 10.3. The van der Waals surface area contributed by atoms with Gasteiger partial charge in [0.15, 0.2) is 5.82 Å². The molecule has 1 N–H and O–H groups in total. The predicted molar refractivity (Wildman–Crippen MR) is 111 cm³/mol. The molecule has 0 saturated carbocycles. The highest BCUT2D eigenvalue weighted by atomic mass is 19.1. The summed E-state index contributed by atoms with van der Waals surface area (Å²) in [6.45, 7) is 1.98. The van der Waals surface area contributed by atoms with Crippen LogP contribution in [0.15, 0.2) is 36.4 Å². The number of tetrazole rings is 1. The number of carbonyl (C=O) groups excluding carboxylic acids is 2. The molecule has 1 saturated heterocycles. The van der Waals surface area contributed by atoms with Gasteiger partial charge >= 0.3 is 0 Å². The van der Waals surface area contributed by atoms with Crippen molar-refractivity contribution in [1.82, 2.24) is 20.2 Å². The number of rotatable bonds is 4. The number of aromatic nitrogens is 4. The lowest BCUT2D eigenvalue weighted by atomic mass is 10.1. The van der Waals surface area contributed by atoms with Gasteiger partial charge in [0, 0.05) is 24.3 Å². The topological polar surface area (TPSA) is 93.0 Å². The molecular weight excluding hydrogens is 399 g/mol. The van der Waals surface area contributed by atoms with Gasteiger partial charge < -0.3 is 10.2 Å². The number of hydrogen-bond donors (Lipinski definition) is 1. The maximum atomic E-state index is 14.3. The number of anilines is 2. The van der Waals surface area contributed by atoms with E-state index in [9.17, 15) is 14.0 Å². The second kappa shape index (κ2) is 7.57. The zero-order valence-electron chi connectivity index (χ0n) is 17.0. The van der Waals surface area contributed by atoms with E-state index in [4.69, 9.17) is 0 Å². The molecule has 0 spiro atoms. The van der Waals surface area contributed by atoms with Gasteiger partial charge in [-0.15, -0.1) is 5.10 Å². The van der Waals surface area contributed by atoms with Crippen LogP contribution in [0.4, 0.5) is 15.8 Å². The summed E-state index contributed by atoms with van der Waals surface area (Å²) in [5.41, 5.74) is 4.03.